The van der Waals surface area contributed by atoms with Gasteiger partial charge in [-0.15, -0.1) is 22.7 Å². The minimum absolute atomic E-state index is 0.0176. The van der Waals surface area contributed by atoms with Crippen molar-refractivity contribution < 1.29 is 9.72 Å². The number of carbonyl (C=O) groups is 1. The van der Waals surface area contributed by atoms with Crippen LogP contribution in [0.2, 0.25) is 0 Å². The molecule has 4 aromatic rings. The van der Waals surface area contributed by atoms with E-state index in [1.165, 1.54) is 40.4 Å². The first-order valence-electron chi connectivity index (χ1n) is 11.5. The van der Waals surface area contributed by atoms with Gasteiger partial charge in [0.2, 0.25) is 0 Å². The van der Waals surface area contributed by atoms with Crippen LogP contribution in [-0.2, 0) is 24.3 Å². The number of fused-ring (bicyclic) bond motifs is 1. The van der Waals surface area contributed by atoms with Crippen LogP contribution in [0.5, 0.6) is 0 Å². The summed E-state index contributed by atoms with van der Waals surface area (Å²) in [7, 11) is 0. The molecule has 37 heavy (non-hydrogen) atoms. The van der Waals surface area contributed by atoms with E-state index in [0.29, 0.717) is 5.13 Å². The molecule has 1 aliphatic rings. The van der Waals surface area contributed by atoms with Crippen LogP contribution in [0.3, 0.4) is 0 Å². The number of nitrogens with one attached hydrogen (secondary N) is 1. The van der Waals surface area contributed by atoms with Crippen LogP contribution >= 0.6 is 22.7 Å². The number of nitrogens with zero attached hydrogens (tertiary/aromatic N) is 4. The molecule has 0 atom stereocenters. The molecule has 8 nitrogen and oxygen atoms in total. The van der Waals surface area contributed by atoms with Crippen LogP contribution in [0.15, 0.2) is 72.3 Å². The van der Waals surface area contributed by atoms with Crippen LogP contribution < -0.4 is 5.32 Å². The fraction of sp³-hybridized carbons (Fsp3) is 0.148. The van der Waals surface area contributed by atoms with Crippen molar-refractivity contribution in [3.05, 3.63) is 103 Å². The maximum absolute atomic E-state index is 12.8. The van der Waals surface area contributed by atoms with Crippen molar-refractivity contribution in [2.45, 2.75) is 19.5 Å². The molecule has 3 heterocycles. The molecule has 0 bridgehead atoms. The molecule has 1 aliphatic heterocycles. The lowest BCUT2D eigenvalue weighted by Crippen LogP contribution is -2.29. The quantitative estimate of drug-likeness (QED) is 0.139. The maximum Gasteiger partial charge on any atom is 0.269 e. The number of nitriles is 1. The Kier molecular flexibility index (Phi) is 7.18. The number of hydrogen-bond donors (Lipinski definition) is 1. The van der Waals surface area contributed by atoms with Crippen LogP contribution in [0, 0.1) is 21.4 Å². The Bertz CT molecular complexity index is 1520. The van der Waals surface area contributed by atoms with Crippen molar-refractivity contribution in [2.24, 2.45) is 0 Å². The highest BCUT2D eigenvalue weighted by molar-refractivity contribution is 7.16. The molecular formula is C27H21N5O3S2. The van der Waals surface area contributed by atoms with Crippen LogP contribution in [0.1, 0.15) is 21.0 Å². The Morgan fingerprint density at radius 1 is 1.14 bits per heavy atom. The van der Waals surface area contributed by atoms with Crippen molar-refractivity contribution in [3.8, 4) is 16.5 Å². The predicted octanol–water partition coefficient (Wildman–Crippen LogP) is 5.88. The van der Waals surface area contributed by atoms with Crippen molar-refractivity contribution in [1.29, 1.82) is 5.26 Å². The summed E-state index contributed by atoms with van der Waals surface area (Å²) in [5.41, 5.74) is 3.09. The molecule has 0 unspecified atom stereocenters. The standard InChI is InChI=1S/C27H21N5O3S2/c28-15-20(14-22-10-11-24(36-22)19-6-8-21(9-7-19)32(34)35)26(33)30-27-29-23-12-13-31(17-25(23)37-27)16-18-4-2-1-3-5-18/h1-11,14H,12-13,16-17H2,(H,29,30,33). The fourth-order valence-corrected chi connectivity index (χ4v) is 6.07. The summed E-state index contributed by atoms with van der Waals surface area (Å²) >= 11 is 2.84. The average molecular weight is 528 g/mol. The molecule has 0 fully saturated rings. The number of thiophene rings is 1. The summed E-state index contributed by atoms with van der Waals surface area (Å²) in [6.07, 6.45) is 2.36. The highest BCUT2D eigenvalue weighted by Crippen LogP contribution is 2.32. The maximum atomic E-state index is 12.8. The molecule has 184 valence electrons. The number of hydrogen-bond acceptors (Lipinski definition) is 8. The SMILES string of the molecule is N#CC(=Cc1ccc(-c2ccc([N+](=O)[O-])cc2)s1)C(=O)Nc1nc2c(s1)CN(Cc1ccccc1)CC2. The van der Waals surface area contributed by atoms with Crippen molar-refractivity contribution in [2.75, 3.05) is 11.9 Å². The van der Waals surface area contributed by atoms with Gasteiger partial charge in [-0.1, -0.05) is 30.3 Å². The molecule has 0 saturated carbocycles. The highest BCUT2D eigenvalue weighted by atomic mass is 32.1. The third-order valence-corrected chi connectivity index (χ3v) is 8.00. The van der Waals surface area contributed by atoms with Crippen LogP contribution in [0.4, 0.5) is 10.8 Å². The Labute approximate surface area is 221 Å². The number of non-ortho nitro benzene ring substituents is 1. The molecule has 0 radical (unpaired) electrons. The summed E-state index contributed by atoms with van der Waals surface area (Å²) in [6.45, 7) is 2.54. The second-order valence-corrected chi connectivity index (χ2v) is 10.7. The van der Waals surface area contributed by atoms with Gasteiger partial charge in [0.15, 0.2) is 5.13 Å². The second kappa shape index (κ2) is 10.8. The number of carbonyl (C=O) groups excluding carboxylic acids is 1. The summed E-state index contributed by atoms with van der Waals surface area (Å²) in [5, 5.41) is 23.8. The van der Waals surface area contributed by atoms with Gasteiger partial charge >= 0.3 is 0 Å². The Balaban J connectivity index is 1.25. The zero-order valence-electron chi connectivity index (χ0n) is 19.6. The first-order valence-corrected chi connectivity index (χ1v) is 13.1. The van der Waals surface area contributed by atoms with Gasteiger partial charge in [0.25, 0.3) is 11.6 Å². The first-order chi connectivity index (χ1) is 18.0. The molecule has 1 N–H and O–H groups in total. The second-order valence-electron chi connectivity index (χ2n) is 8.47. The van der Waals surface area contributed by atoms with Gasteiger partial charge in [0.1, 0.15) is 11.6 Å². The molecule has 0 aliphatic carbocycles. The van der Waals surface area contributed by atoms with Crippen LogP contribution in [0.25, 0.3) is 16.5 Å². The fourth-order valence-electron chi connectivity index (χ4n) is 4.07. The molecule has 0 spiro atoms. The van der Waals surface area contributed by atoms with Crippen molar-refractivity contribution in [3.63, 3.8) is 0 Å². The number of rotatable bonds is 7. The van der Waals surface area contributed by atoms with Gasteiger partial charge in [-0.05, 0) is 41.5 Å². The van der Waals surface area contributed by atoms with Gasteiger partial charge in [0.05, 0.1) is 10.6 Å². The number of aromatic nitrogens is 1. The molecule has 5 rings (SSSR count). The summed E-state index contributed by atoms with van der Waals surface area (Å²) in [6, 6.07) is 22.3. The predicted molar refractivity (Wildman–Crippen MR) is 145 cm³/mol. The normalized spacial score (nSPS) is 13.5. The Hall–Kier alpha value is -4.17. The largest absolute Gasteiger partial charge is 0.297 e. The first kappa shape index (κ1) is 24.5. The van der Waals surface area contributed by atoms with Gasteiger partial charge in [-0.25, -0.2) is 4.98 Å². The number of nitro groups is 1. The summed E-state index contributed by atoms with van der Waals surface area (Å²) < 4.78 is 0. The Morgan fingerprint density at radius 3 is 2.65 bits per heavy atom. The van der Waals surface area contributed by atoms with E-state index in [0.717, 1.165) is 51.9 Å². The molecule has 10 heteroatoms. The number of thiazole rings is 1. The van der Waals surface area contributed by atoms with Gasteiger partial charge < -0.3 is 0 Å². The van der Waals surface area contributed by atoms with E-state index in [4.69, 9.17) is 0 Å². The molecule has 2 aromatic heterocycles. The molecule has 1 amide bonds. The smallest absolute Gasteiger partial charge is 0.269 e. The number of amides is 1. The van der Waals surface area contributed by atoms with Gasteiger partial charge in [0, 0.05) is 52.8 Å². The lowest BCUT2D eigenvalue weighted by molar-refractivity contribution is -0.384. The molecule has 0 saturated heterocycles. The average Bonchev–Trinajstić information content (AvgIpc) is 3.54. The topological polar surface area (TPSA) is 112 Å². The number of anilines is 1. The van der Waals surface area contributed by atoms with Crippen LogP contribution in [-0.4, -0.2) is 27.3 Å². The highest BCUT2D eigenvalue weighted by Gasteiger charge is 2.22. The van der Waals surface area contributed by atoms with E-state index < -0.39 is 10.8 Å². The van der Waals surface area contributed by atoms with Gasteiger partial charge in [-0.3, -0.25) is 25.1 Å². The van der Waals surface area contributed by atoms with Crippen molar-refractivity contribution in [1.82, 2.24) is 9.88 Å². The minimum atomic E-state index is -0.500. The van der Waals surface area contributed by atoms with Gasteiger partial charge in [-0.2, -0.15) is 5.26 Å². The van der Waals surface area contributed by atoms with E-state index in [2.05, 4.69) is 27.3 Å². The lowest BCUT2D eigenvalue weighted by Gasteiger charge is -2.25. The van der Waals surface area contributed by atoms with E-state index in [-0.39, 0.29) is 11.3 Å². The summed E-state index contributed by atoms with van der Waals surface area (Å²) in [5.74, 6) is -0.500. The summed E-state index contributed by atoms with van der Waals surface area (Å²) in [4.78, 5) is 33.0. The monoisotopic (exact) mass is 527 g/mol. The molecular weight excluding hydrogens is 506 g/mol. The third-order valence-electron chi connectivity index (χ3n) is 5.92. The Morgan fingerprint density at radius 2 is 1.92 bits per heavy atom. The van der Waals surface area contributed by atoms with E-state index in [1.54, 1.807) is 18.2 Å². The lowest BCUT2D eigenvalue weighted by atomic mass is 10.1. The zero-order valence-corrected chi connectivity index (χ0v) is 21.2. The van der Waals surface area contributed by atoms with Crippen molar-refractivity contribution >= 4 is 45.5 Å². The van der Waals surface area contributed by atoms with E-state index in [9.17, 15) is 20.2 Å². The zero-order chi connectivity index (χ0) is 25.8. The molecule has 2 aromatic carbocycles. The van der Waals surface area contributed by atoms with E-state index in [1.807, 2.05) is 36.4 Å². The minimum Gasteiger partial charge on any atom is -0.297 e. The number of nitro benzene ring substituents is 1. The number of benzene rings is 2. The van der Waals surface area contributed by atoms with E-state index >= 15 is 0 Å². The third kappa shape index (κ3) is 5.81.